The van der Waals surface area contributed by atoms with Crippen LogP contribution in [0.25, 0.3) is 0 Å². The highest BCUT2D eigenvalue weighted by Gasteiger charge is 2.45. The third-order valence-corrected chi connectivity index (χ3v) is 8.46. The lowest BCUT2D eigenvalue weighted by atomic mass is 9.95. The Balaban J connectivity index is 1.45. The predicted octanol–water partition coefficient (Wildman–Crippen LogP) is 1.62. The van der Waals surface area contributed by atoms with Gasteiger partial charge in [0.2, 0.25) is 23.6 Å². The number of nitrogens with zero attached hydrogens (tertiary/aromatic N) is 2. The molecule has 0 unspecified atom stereocenters. The Bertz CT molecular complexity index is 1460. The zero-order valence-electron chi connectivity index (χ0n) is 24.4. The normalized spacial score (nSPS) is 22.3. The summed E-state index contributed by atoms with van der Waals surface area (Å²) in [7, 11) is 1.59. The summed E-state index contributed by atoms with van der Waals surface area (Å²) >= 11 is 0. The molecular formula is C33H38N6O4. The summed E-state index contributed by atoms with van der Waals surface area (Å²) in [4.78, 5) is 59.6. The number of likely N-dealkylation sites (tertiary alicyclic amines) is 1. The Morgan fingerprint density at radius 3 is 2.44 bits per heavy atom. The number of nitrogens with one attached hydrogen (secondary N) is 3. The van der Waals surface area contributed by atoms with Crippen molar-refractivity contribution in [2.24, 2.45) is 11.7 Å². The molecule has 224 valence electrons. The molecule has 0 radical (unpaired) electrons. The number of fused-ring (bicyclic) bond motifs is 1. The Labute approximate surface area is 251 Å². The van der Waals surface area contributed by atoms with Crippen molar-refractivity contribution >= 4 is 23.6 Å². The van der Waals surface area contributed by atoms with Gasteiger partial charge in [-0.2, -0.15) is 0 Å². The van der Waals surface area contributed by atoms with Gasteiger partial charge < -0.3 is 26.6 Å². The molecule has 3 aromatic rings. The van der Waals surface area contributed by atoms with Gasteiger partial charge in [-0.05, 0) is 48.1 Å². The van der Waals surface area contributed by atoms with Crippen LogP contribution in [0.5, 0.6) is 0 Å². The highest BCUT2D eigenvalue weighted by atomic mass is 16.2. The second kappa shape index (κ2) is 13.2. The molecule has 1 aromatic heterocycles. The Morgan fingerprint density at radius 1 is 1.00 bits per heavy atom. The Kier molecular flexibility index (Phi) is 9.16. The van der Waals surface area contributed by atoms with Gasteiger partial charge in [0.1, 0.15) is 12.1 Å². The third-order valence-electron chi connectivity index (χ3n) is 8.46. The van der Waals surface area contributed by atoms with Crippen molar-refractivity contribution in [3.63, 3.8) is 0 Å². The van der Waals surface area contributed by atoms with E-state index < -0.39 is 36.0 Å². The number of hydrogen-bond donors (Lipinski definition) is 4. The molecule has 0 spiro atoms. The van der Waals surface area contributed by atoms with Crippen molar-refractivity contribution < 1.29 is 19.2 Å². The number of carbonyl (C=O) groups excluding carboxylic acids is 4. The second-order valence-corrected chi connectivity index (χ2v) is 11.4. The Hall–Kier alpha value is -4.57. The number of rotatable bonds is 9. The number of aromatic nitrogens is 1. The SMILES string of the molecule is CNC(=O)[C@@H]1Cc2ccccc2[C@@H]1NC(=O)[C@@H]1C[C@H](c2ccccc2)CN1C(=O)[C@H](Cc1cccnc1)NC(=O)[C@H](C)N. The van der Waals surface area contributed by atoms with Gasteiger partial charge in [-0.15, -0.1) is 0 Å². The van der Waals surface area contributed by atoms with Crippen LogP contribution in [-0.2, 0) is 32.0 Å². The lowest BCUT2D eigenvalue weighted by molar-refractivity contribution is -0.142. The number of pyridine rings is 1. The van der Waals surface area contributed by atoms with Crippen LogP contribution in [0, 0.1) is 5.92 Å². The summed E-state index contributed by atoms with van der Waals surface area (Å²) in [5.41, 5.74) is 9.54. The van der Waals surface area contributed by atoms with E-state index in [0.29, 0.717) is 19.4 Å². The second-order valence-electron chi connectivity index (χ2n) is 11.4. The molecule has 0 saturated carbocycles. The van der Waals surface area contributed by atoms with E-state index in [9.17, 15) is 19.2 Å². The monoisotopic (exact) mass is 582 g/mol. The van der Waals surface area contributed by atoms with Crippen molar-refractivity contribution in [2.45, 2.75) is 56.3 Å². The van der Waals surface area contributed by atoms with E-state index in [-0.39, 0.29) is 30.1 Å². The quantitative estimate of drug-likeness (QED) is 0.302. The number of hydrogen-bond acceptors (Lipinski definition) is 6. The van der Waals surface area contributed by atoms with Crippen LogP contribution in [0.4, 0.5) is 0 Å². The van der Waals surface area contributed by atoms with Crippen molar-refractivity contribution in [3.8, 4) is 0 Å². The molecular weight excluding hydrogens is 544 g/mol. The standard InChI is InChI=1S/C33H38N6O4/c1-20(34)30(40)37-27(15-21-9-8-14-36-18-21)33(43)39-19-24(22-10-4-3-5-11-22)17-28(39)32(42)38-29-25-13-7-6-12-23(25)16-26(29)31(41)35-2/h3-14,18,20,24,26-29H,15-17,19,34H2,1-2H3,(H,35,41)(H,37,40)(H,38,42)/t20-,24-,26+,27-,28-,29-/m0/s1. The van der Waals surface area contributed by atoms with E-state index in [1.54, 1.807) is 37.3 Å². The molecule has 2 aromatic carbocycles. The first-order valence-corrected chi connectivity index (χ1v) is 14.7. The zero-order chi connectivity index (χ0) is 30.5. The predicted molar refractivity (Wildman–Crippen MR) is 161 cm³/mol. The molecule has 1 aliphatic heterocycles. The van der Waals surface area contributed by atoms with Crippen LogP contribution >= 0.6 is 0 Å². The lowest BCUT2D eigenvalue weighted by Gasteiger charge is -2.30. The highest BCUT2D eigenvalue weighted by Crippen LogP contribution is 2.38. The van der Waals surface area contributed by atoms with E-state index in [1.165, 1.54) is 0 Å². The first-order chi connectivity index (χ1) is 20.8. The van der Waals surface area contributed by atoms with E-state index in [2.05, 4.69) is 20.9 Å². The molecule has 1 saturated heterocycles. The summed E-state index contributed by atoms with van der Waals surface area (Å²) in [6.45, 7) is 1.86. The smallest absolute Gasteiger partial charge is 0.246 e. The molecule has 2 aliphatic rings. The molecule has 5 N–H and O–H groups in total. The summed E-state index contributed by atoms with van der Waals surface area (Å²) in [6, 6.07) is 18.0. The molecule has 43 heavy (non-hydrogen) atoms. The first kappa shape index (κ1) is 29.9. The largest absolute Gasteiger partial charge is 0.359 e. The van der Waals surface area contributed by atoms with Gasteiger partial charge in [0.25, 0.3) is 0 Å². The van der Waals surface area contributed by atoms with Crippen LogP contribution in [0.2, 0.25) is 0 Å². The average molecular weight is 583 g/mol. The summed E-state index contributed by atoms with van der Waals surface area (Å²) < 4.78 is 0. The molecule has 10 nitrogen and oxygen atoms in total. The van der Waals surface area contributed by atoms with Crippen molar-refractivity contribution in [1.82, 2.24) is 25.8 Å². The molecule has 5 rings (SSSR count). The molecule has 1 aliphatic carbocycles. The fourth-order valence-corrected chi connectivity index (χ4v) is 6.21. The van der Waals surface area contributed by atoms with Crippen LogP contribution in [0.15, 0.2) is 79.1 Å². The minimum absolute atomic E-state index is 0.0883. The van der Waals surface area contributed by atoms with Crippen LogP contribution in [0.1, 0.15) is 47.6 Å². The topological polar surface area (TPSA) is 147 Å². The first-order valence-electron chi connectivity index (χ1n) is 14.7. The molecule has 4 amide bonds. The van der Waals surface area contributed by atoms with Crippen LogP contribution in [-0.4, -0.2) is 65.2 Å². The molecule has 10 heteroatoms. The number of nitrogens with two attached hydrogens (primary N) is 1. The minimum Gasteiger partial charge on any atom is -0.359 e. The molecule has 0 bridgehead atoms. The summed E-state index contributed by atoms with van der Waals surface area (Å²) in [5.74, 6) is -1.87. The maximum atomic E-state index is 14.3. The van der Waals surface area contributed by atoms with E-state index >= 15 is 0 Å². The van der Waals surface area contributed by atoms with Crippen molar-refractivity contribution in [2.75, 3.05) is 13.6 Å². The van der Waals surface area contributed by atoms with Crippen molar-refractivity contribution in [3.05, 3.63) is 101 Å². The van der Waals surface area contributed by atoms with Gasteiger partial charge in [-0.1, -0.05) is 60.7 Å². The lowest BCUT2D eigenvalue weighted by Crippen LogP contribution is -2.56. The Morgan fingerprint density at radius 2 is 1.74 bits per heavy atom. The van der Waals surface area contributed by atoms with Gasteiger partial charge in [0.15, 0.2) is 0 Å². The molecule has 2 heterocycles. The fourth-order valence-electron chi connectivity index (χ4n) is 6.21. The molecule has 6 atom stereocenters. The maximum Gasteiger partial charge on any atom is 0.246 e. The van der Waals surface area contributed by atoms with E-state index in [1.807, 2.05) is 60.7 Å². The highest BCUT2D eigenvalue weighted by molar-refractivity contribution is 5.94. The number of amides is 4. The fraction of sp³-hybridized carbons (Fsp3) is 0.364. The van der Waals surface area contributed by atoms with Gasteiger partial charge in [-0.3, -0.25) is 24.2 Å². The molecule has 1 fully saturated rings. The number of carbonyl (C=O) groups is 4. The van der Waals surface area contributed by atoms with Crippen molar-refractivity contribution in [1.29, 1.82) is 0 Å². The van der Waals surface area contributed by atoms with E-state index in [0.717, 1.165) is 22.3 Å². The maximum absolute atomic E-state index is 14.3. The average Bonchev–Trinajstić information content (AvgIpc) is 3.63. The van der Waals surface area contributed by atoms with Gasteiger partial charge in [0.05, 0.1) is 18.0 Å². The third kappa shape index (κ3) is 6.59. The van der Waals surface area contributed by atoms with Crippen LogP contribution < -0.4 is 21.7 Å². The van der Waals surface area contributed by atoms with E-state index in [4.69, 9.17) is 5.73 Å². The number of benzene rings is 2. The van der Waals surface area contributed by atoms with Gasteiger partial charge in [0, 0.05) is 38.3 Å². The van der Waals surface area contributed by atoms with Gasteiger partial charge in [-0.25, -0.2) is 0 Å². The summed E-state index contributed by atoms with van der Waals surface area (Å²) in [6.07, 6.45) is 4.40. The zero-order valence-corrected chi connectivity index (χ0v) is 24.4. The summed E-state index contributed by atoms with van der Waals surface area (Å²) in [5, 5.41) is 8.66. The van der Waals surface area contributed by atoms with Gasteiger partial charge >= 0.3 is 0 Å². The minimum atomic E-state index is -0.946. The van der Waals surface area contributed by atoms with Crippen LogP contribution in [0.3, 0.4) is 0 Å².